The number of nitrogen functional groups attached to an aromatic ring is 1. The average molecular weight is 642 g/mol. The number of benzene rings is 3. The normalized spacial score (nSPS) is 13.4. The van der Waals surface area contributed by atoms with E-state index in [0.717, 1.165) is 79.9 Å². The van der Waals surface area contributed by atoms with Crippen molar-refractivity contribution < 1.29 is 9.53 Å². The minimum Gasteiger partial charge on any atom is -0.470 e. The number of rotatable bonds is 14. The van der Waals surface area contributed by atoms with Gasteiger partial charge in [-0.15, -0.1) is 0 Å². The van der Waals surface area contributed by atoms with E-state index in [1.54, 1.807) is 18.6 Å². The van der Waals surface area contributed by atoms with Gasteiger partial charge >= 0.3 is 0 Å². The predicted octanol–water partition coefficient (Wildman–Crippen LogP) is 6.29. The summed E-state index contributed by atoms with van der Waals surface area (Å²) in [6.07, 6.45) is 8.71. The van der Waals surface area contributed by atoms with Gasteiger partial charge in [-0.25, -0.2) is 9.97 Å². The fraction of sp³-hybridized carbons (Fsp3) is 0.282. The Morgan fingerprint density at radius 3 is 2.15 bits per heavy atom. The molecule has 3 aromatic carbocycles. The lowest BCUT2D eigenvalue weighted by molar-refractivity contribution is -0.121. The molecule has 0 radical (unpaired) electrons. The van der Waals surface area contributed by atoms with Crippen molar-refractivity contribution in [2.45, 2.75) is 38.3 Å². The highest BCUT2D eigenvalue weighted by Crippen LogP contribution is 2.27. The van der Waals surface area contributed by atoms with Crippen molar-refractivity contribution >= 4 is 17.4 Å². The topological polar surface area (TPSA) is 110 Å². The van der Waals surface area contributed by atoms with Gasteiger partial charge in [0.1, 0.15) is 6.61 Å². The second kappa shape index (κ2) is 16.5. The first-order valence-corrected chi connectivity index (χ1v) is 16.7. The van der Waals surface area contributed by atoms with E-state index in [1.807, 2.05) is 48.5 Å². The molecule has 9 heteroatoms. The van der Waals surface area contributed by atoms with Crippen LogP contribution in [-0.4, -0.2) is 58.5 Å². The summed E-state index contributed by atoms with van der Waals surface area (Å²) in [6, 6.07) is 32.5. The summed E-state index contributed by atoms with van der Waals surface area (Å²) in [5.74, 6) is 0.696. The summed E-state index contributed by atoms with van der Waals surface area (Å²) in [7, 11) is 0. The monoisotopic (exact) mass is 641 g/mol. The zero-order valence-corrected chi connectivity index (χ0v) is 27.2. The number of nitrogens with two attached hydrogens (primary N) is 1. The minimum atomic E-state index is -0.130. The molecule has 5 aromatic rings. The zero-order chi connectivity index (χ0) is 33.0. The van der Waals surface area contributed by atoms with Crippen LogP contribution in [0.25, 0.3) is 11.3 Å². The van der Waals surface area contributed by atoms with Crippen molar-refractivity contribution in [1.82, 2.24) is 25.2 Å². The number of aromatic nitrogens is 3. The van der Waals surface area contributed by atoms with Crippen molar-refractivity contribution in [2.24, 2.45) is 0 Å². The lowest BCUT2D eigenvalue weighted by Crippen LogP contribution is -2.46. The molecule has 6 rings (SSSR count). The van der Waals surface area contributed by atoms with E-state index in [9.17, 15) is 4.79 Å². The van der Waals surface area contributed by atoms with Crippen LogP contribution in [0.3, 0.4) is 0 Å². The Kier molecular flexibility index (Phi) is 11.2. The number of hydrogen-bond donors (Lipinski definition) is 2. The molecule has 0 atom stereocenters. The molecule has 246 valence electrons. The zero-order valence-electron chi connectivity index (χ0n) is 27.2. The van der Waals surface area contributed by atoms with E-state index in [4.69, 9.17) is 10.5 Å². The SMILES string of the molecule is Nc1ncc(-c2ccc(N3CCN(CCCCCC(=O)NC(c4ccccc4)c4ccccc4)CC3)cc2)nc1OCc1ccncc1. The third-order valence-electron chi connectivity index (χ3n) is 8.74. The molecule has 0 spiro atoms. The summed E-state index contributed by atoms with van der Waals surface area (Å²) in [5.41, 5.74) is 12.1. The molecule has 1 fully saturated rings. The van der Waals surface area contributed by atoms with Gasteiger partial charge in [-0.1, -0.05) is 79.2 Å². The standard InChI is InChI=1S/C39H43N7O2/c40-38-39(48-29-30-19-21-41-22-20-30)43-35(28-42-38)31-15-17-34(18-16-31)46-26-24-45(25-27-46)23-9-3-8-14-36(47)44-37(32-10-4-1-5-11-32)33-12-6-2-7-13-33/h1-2,4-7,10-13,15-22,28,37H,3,8-9,14,23-27,29H2,(H2,40,42)(H,44,47). The van der Waals surface area contributed by atoms with Gasteiger partial charge in [0.25, 0.3) is 5.88 Å². The molecule has 3 N–H and O–H groups in total. The molecule has 1 aliphatic heterocycles. The van der Waals surface area contributed by atoms with Crippen LogP contribution < -0.4 is 20.7 Å². The van der Waals surface area contributed by atoms with Gasteiger partial charge in [0.05, 0.1) is 17.9 Å². The van der Waals surface area contributed by atoms with E-state index in [2.05, 4.69) is 78.6 Å². The van der Waals surface area contributed by atoms with Gasteiger partial charge in [-0.05, 0) is 60.3 Å². The summed E-state index contributed by atoms with van der Waals surface area (Å²) in [6.45, 7) is 5.43. The molecule has 0 aliphatic carbocycles. The molecule has 1 saturated heterocycles. The van der Waals surface area contributed by atoms with Crippen LogP contribution in [0.2, 0.25) is 0 Å². The number of carbonyl (C=O) groups is 1. The van der Waals surface area contributed by atoms with E-state index in [0.29, 0.717) is 18.9 Å². The average Bonchev–Trinajstić information content (AvgIpc) is 3.15. The third-order valence-corrected chi connectivity index (χ3v) is 8.74. The van der Waals surface area contributed by atoms with Gasteiger partial charge < -0.3 is 20.7 Å². The number of piperazine rings is 1. The van der Waals surface area contributed by atoms with Gasteiger partial charge in [0.2, 0.25) is 5.91 Å². The maximum Gasteiger partial charge on any atom is 0.258 e. The lowest BCUT2D eigenvalue weighted by Gasteiger charge is -2.36. The maximum atomic E-state index is 12.9. The Labute approximate surface area is 282 Å². The highest BCUT2D eigenvalue weighted by molar-refractivity contribution is 5.77. The van der Waals surface area contributed by atoms with E-state index >= 15 is 0 Å². The predicted molar refractivity (Wildman–Crippen MR) is 190 cm³/mol. The van der Waals surface area contributed by atoms with Crippen LogP contribution in [0, 0.1) is 0 Å². The third kappa shape index (κ3) is 8.95. The molecule has 2 aromatic heterocycles. The number of amides is 1. The highest BCUT2D eigenvalue weighted by Gasteiger charge is 2.19. The first-order chi connectivity index (χ1) is 23.6. The molecular formula is C39H43N7O2. The Morgan fingerprint density at radius 1 is 0.812 bits per heavy atom. The summed E-state index contributed by atoms with van der Waals surface area (Å²) >= 11 is 0. The largest absolute Gasteiger partial charge is 0.470 e. The van der Waals surface area contributed by atoms with Crippen LogP contribution in [0.15, 0.2) is 116 Å². The number of ether oxygens (including phenoxy) is 1. The summed E-state index contributed by atoms with van der Waals surface area (Å²) < 4.78 is 5.85. The molecule has 0 saturated carbocycles. The van der Waals surface area contributed by atoms with Crippen molar-refractivity contribution in [3.63, 3.8) is 0 Å². The quantitative estimate of drug-likeness (QED) is 0.136. The Balaban J connectivity index is 0.911. The van der Waals surface area contributed by atoms with Gasteiger partial charge in [0.15, 0.2) is 5.82 Å². The van der Waals surface area contributed by atoms with Crippen molar-refractivity contribution in [3.05, 3.63) is 132 Å². The van der Waals surface area contributed by atoms with E-state index in [-0.39, 0.29) is 17.8 Å². The fourth-order valence-corrected chi connectivity index (χ4v) is 6.01. The first-order valence-electron chi connectivity index (χ1n) is 16.7. The molecule has 0 unspecified atom stereocenters. The lowest BCUT2D eigenvalue weighted by atomic mass is 9.98. The van der Waals surface area contributed by atoms with Crippen LogP contribution in [0.4, 0.5) is 11.5 Å². The fourth-order valence-electron chi connectivity index (χ4n) is 6.01. The second-order valence-electron chi connectivity index (χ2n) is 12.1. The highest BCUT2D eigenvalue weighted by atomic mass is 16.5. The number of pyridine rings is 1. The number of nitrogens with one attached hydrogen (secondary N) is 1. The van der Waals surface area contributed by atoms with Crippen LogP contribution in [0.1, 0.15) is 48.4 Å². The van der Waals surface area contributed by atoms with Crippen LogP contribution in [-0.2, 0) is 11.4 Å². The van der Waals surface area contributed by atoms with Crippen molar-refractivity contribution in [3.8, 4) is 17.1 Å². The molecular weight excluding hydrogens is 598 g/mol. The maximum absolute atomic E-state index is 12.9. The number of nitrogens with zero attached hydrogens (tertiary/aromatic N) is 5. The molecule has 1 aliphatic rings. The van der Waals surface area contributed by atoms with Crippen LogP contribution in [0.5, 0.6) is 5.88 Å². The number of carbonyl (C=O) groups excluding carboxylic acids is 1. The molecule has 0 bridgehead atoms. The minimum absolute atomic E-state index is 0.102. The summed E-state index contributed by atoms with van der Waals surface area (Å²) in [5, 5.41) is 3.26. The molecule has 48 heavy (non-hydrogen) atoms. The van der Waals surface area contributed by atoms with Gasteiger partial charge in [-0.3, -0.25) is 14.7 Å². The van der Waals surface area contributed by atoms with Crippen molar-refractivity contribution in [2.75, 3.05) is 43.4 Å². The molecule has 1 amide bonds. The Morgan fingerprint density at radius 2 is 1.48 bits per heavy atom. The van der Waals surface area contributed by atoms with E-state index < -0.39 is 0 Å². The Bertz CT molecular complexity index is 1670. The first kappa shape index (κ1) is 32.7. The number of unbranched alkanes of at least 4 members (excludes halogenated alkanes) is 2. The second-order valence-corrected chi connectivity index (χ2v) is 12.1. The van der Waals surface area contributed by atoms with Crippen molar-refractivity contribution in [1.29, 1.82) is 0 Å². The molecule has 3 heterocycles. The van der Waals surface area contributed by atoms with E-state index in [1.165, 1.54) is 5.69 Å². The van der Waals surface area contributed by atoms with Gasteiger partial charge in [-0.2, -0.15) is 0 Å². The molecule has 9 nitrogen and oxygen atoms in total. The number of hydrogen-bond acceptors (Lipinski definition) is 8. The van der Waals surface area contributed by atoms with Gasteiger partial charge in [0, 0.05) is 56.2 Å². The van der Waals surface area contributed by atoms with Crippen LogP contribution >= 0.6 is 0 Å². The summed E-state index contributed by atoms with van der Waals surface area (Å²) in [4.78, 5) is 30.8. The number of anilines is 2. The smallest absolute Gasteiger partial charge is 0.258 e. The Hall–Kier alpha value is -5.28.